The predicted octanol–water partition coefficient (Wildman–Crippen LogP) is 3.50. The number of rotatable bonds is 6. The second-order valence-electron chi connectivity index (χ2n) is 6.25. The first-order valence-electron chi connectivity index (χ1n) is 7.41. The third kappa shape index (κ3) is 3.80. The van der Waals surface area contributed by atoms with Crippen molar-refractivity contribution in [2.75, 3.05) is 13.7 Å². The van der Waals surface area contributed by atoms with Gasteiger partial charge in [0.1, 0.15) is 0 Å². The van der Waals surface area contributed by atoms with Crippen LogP contribution in [0.1, 0.15) is 43.7 Å². The van der Waals surface area contributed by atoms with E-state index in [-0.39, 0.29) is 0 Å². The maximum atomic E-state index is 5.30. The van der Waals surface area contributed by atoms with E-state index >= 15 is 0 Å². The normalized spacial score (nSPS) is 24.3. The lowest BCUT2D eigenvalue weighted by Crippen LogP contribution is -2.49. The number of benzene rings is 1. The van der Waals surface area contributed by atoms with Gasteiger partial charge in [-0.1, -0.05) is 43.7 Å². The molecule has 1 N–H and O–H groups in total. The Morgan fingerprint density at radius 1 is 1.32 bits per heavy atom. The fraction of sp³-hybridized carbons (Fsp3) is 0.647. The van der Waals surface area contributed by atoms with E-state index in [0.29, 0.717) is 18.0 Å². The van der Waals surface area contributed by atoms with E-state index in [2.05, 4.69) is 50.4 Å². The van der Waals surface area contributed by atoms with Gasteiger partial charge in [0, 0.05) is 19.2 Å². The molecular formula is C17H27NO. The van der Waals surface area contributed by atoms with Crippen LogP contribution in [0.4, 0.5) is 0 Å². The van der Waals surface area contributed by atoms with Crippen LogP contribution in [0, 0.1) is 12.8 Å². The Morgan fingerprint density at radius 2 is 2.05 bits per heavy atom. The molecule has 1 aromatic carbocycles. The Hall–Kier alpha value is -0.860. The minimum Gasteiger partial charge on any atom is -0.383 e. The van der Waals surface area contributed by atoms with Crippen molar-refractivity contribution >= 4 is 0 Å². The molecule has 0 spiro atoms. The Balaban J connectivity index is 1.82. The van der Waals surface area contributed by atoms with Gasteiger partial charge >= 0.3 is 0 Å². The lowest BCUT2D eigenvalue weighted by molar-refractivity contribution is 0.126. The van der Waals surface area contributed by atoms with E-state index in [9.17, 15) is 0 Å². The Bertz CT molecular complexity index is 396. The summed E-state index contributed by atoms with van der Waals surface area (Å²) in [5.74, 6) is 1.37. The molecule has 1 fully saturated rings. The molecule has 1 aliphatic carbocycles. The standard InChI is InChI=1S/C17H27NO/c1-12(2)17(11-19-4)18-16-9-15(10-16)14-7-5-6-13(3)8-14/h5-8,12,15-18H,9-11H2,1-4H3. The molecule has 1 saturated carbocycles. The van der Waals surface area contributed by atoms with Crippen molar-refractivity contribution in [1.29, 1.82) is 0 Å². The van der Waals surface area contributed by atoms with E-state index in [1.54, 1.807) is 7.11 Å². The quantitative estimate of drug-likeness (QED) is 0.846. The van der Waals surface area contributed by atoms with Gasteiger partial charge in [-0.25, -0.2) is 0 Å². The molecule has 0 amide bonds. The minimum atomic E-state index is 0.480. The smallest absolute Gasteiger partial charge is 0.0618 e. The molecule has 0 bridgehead atoms. The highest BCUT2D eigenvalue weighted by Crippen LogP contribution is 2.37. The third-order valence-corrected chi connectivity index (χ3v) is 4.25. The monoisotopic (exact) mass is 261 g/mol. The second kappa shape index (κ2) is 6.53. The van der Waals surface area contributed by atoms with Crippen LogP contribution >= 0.6 is 0 Å². The lowest BCUT2D eigenvalue weighted by Gasteiger charge is -2.39. The summed E-state index contributed by atoms with van der Waals surface area (Å²) in [7, 11) is 1.79. The Kier molecular flexibility index (Phi) is 5.00. The molecule has 0 radical (unpaired) electrons. The number of nitrogens with one attached hydrogen (secondary N) is 1. The van der Waals surface area contributed by atoms with Gasteiger partial charge < -0.3 is 10.1 Å². The SMILES string of the molecule is COCC(NC1CC(c2cccc(C)c2)C1)C(C)C. The molecule has 0 aliphatic heterocycles. The van der Waals surface area contributed by atoms with Crippen LogP contribution in [-0.2, 0) is 4.74 Å². The summed E-state index contributed by atoms with van der Waals surface area (Å²) in [5, 5.41) is 3.74. The van der Waals surface area contributed by atoms with E-state index < -0.39 is 0 Å². The van der Waals surface area contributed by atoms with Gasteiger partial charge in [0.25, 0.3) is 0 Å². The van der Waals surface area contributed by atoms with Gasteiger partial charge in [-0.05, 0) is 37.2 Å². The first-order chi connectivity index (χ1) is 9.10. The highest BCUT2D eigenvalue weighted by atomic mass is 16.5. The summed E-state index contributed by atoms with van der Waals surface area (Å²) >= 11 is 0. The van der Waals surface area contributed by atoms with E-state index in [1.165, 1.54) is 24.0 Å². The first-order valence-corrected chi connectivity index (χ1v) is 7.41. The number of methoxy groups -OCH3 is 1. The average molecular weight is 261 g/mol. The van der Waals surface area contributed by atoms with Crippen LogP contribution in [0.25, 0.3) is 0 Å². The number of ether oxygens (including phenoxy) is 1. The fourth-order valence-corrected chi connectivity index (χ4v) is 2.87. The van der Waals surface area contributed by atoms with Crippen LogP contribution in [0.5, 0.6) is 0 Å². The highest BCUT2D eigenvalue weighted by molar-refractivity contribution is 5.27. The van der Waals surface area contributed by atoms with Crippen molar-refractivity contribution in [2.45, 2.75) is 51.6 Å². The summed E-state index contributed by atoms with van der Waals surface area (Å²) < 4.78 is 5.30. The van der Waals surface area contributed by atoms with Crippen molar-refractivity contribution in [2.24, 2.45) is 5.92 Å². The summed E-state index contributed by atoms with van der Waals surface area (Å²) in [6, 6.07) is 10.1. The largest absolute Gasteiger partial charge is 0.383 e. The molecule has 1 atom stereocenters. The highest BCUT2D eigenvalue weighted by Gasteiger charge is 2.32. The number of hydrogen-bond donors (Lipinski definition) is 1. The number of aryl methyl sites for hydroxylation is 1. The van der Waals surface area contributed by atoms with Crippen LogP contribution < -0.4 is 5.32 Å². The van der Waals surface area contributed by atoms with Gasteiger partial charge in [-0.3, -0.25) is 0 Å². The zero-order valence-corrected chi connectivity index (χ0v) is 12.6. The molecular weight excluding hydrogens is 234 g/mol. The number of hydrogen-bond acceptors (Lipinski definition) is 2. The molecule has 106 valence electrons. The lowest BCUT2D eigenvalue weighted by atomic mass is 9.75. The molecule has 0 aromatic heterocycles. The maximum absolute atomic E-state index is 5.30. The molecule has 19 heavy (non-hydrogen) atoms. The predicted molar refractivity (Wildman–Crippen MR) is 80.6 cm³/mol. The van der Waals surface area contributed by atoms with Gasteiger partial charge in [-0.2, -0.15) is 0 Å². The van der Waals surface area contributed by atoms with E-state index in [4.69, 9.17) is 4.74 Å². The van der Waals surface area contributed by atoms with Gasteiger partial charge in [0.05, 0.1) is 6.61 Å². The molecule has 2 nitrogen and oxygen atoms in total. The average Bonchev–Trinajstić information content (AvgIpc) is 2.31. The molecule has 1 aromatic rings. The molecule has 1 unspecified atom stereocenters. The summed E-state index contributed by atoms with van der Waals surface area (Å²) in [4.78, 5) is 0. The Morgan fingerprint density at radius 3 is 2.63 bits per heavy atom. The minimum absolute atomic E-state index is 0.480. The van der Waals surface area contributed by atoms with Crippen LogP contribution in [-0.4, -0.2) is 25.8 Å². The molecule has 0 saturated heterocycles. The second-order valence-corrected chi connectivity index (χ2v) is 6.25. The molecule has 2 rings (SSSR count). The van der Waals surface area contributed by atoms with E-state index in [0.717, 1.165) is 12.5 Å². The Labute approximate surface area is 117 Å². The van der Waals surface area contributed by atoms with Crippen LogP contribution in [0.3, 0.4) is 0 Å². The van der Waals surface area contributed by atoms with Crippen molar-refractivity contribution < 1.29 is 4.74 Å². The van der Waals surface area contributed by atoms with Gasteiger partial charge in [0.2, 0.25) is 0 Å². The van der Waals surface area contributed by atoms with Crippen molar-refractivity contribution in [3.63, 3.8) is 0 Å². The molecule has 0 heterocycles. The molecule has 1 aliphatic rings. The zero-order valence-electron chi connectivity index (χ0n) is 12.6. The maximum Gasteiger partial charge on any atom is 0.0618 e. The van der Waals surface area contributed by atoms with Crippen LogP contribution in [0.2, 0.25) is 0 Å². The molecule has 2 heteroatoms. The van der Waals surface area contributed by atoms with E-state index in [1.807, 2.05) is 0 Å². The van der Waals surface area contributed by atoms with Gasteiger partial charge in [-0.15, -0.1) is 0 Å². The van der Waals surface area contributed by atoms with Crippen LogP contribution in [0.15, 0.2) is 24.3 Å². The first kappa shape index (κ1) is 14.5. The summed E-state index contributed by atoms with van der Waals surface area (Å²) in [6.07, 6.45) is 2.52. The topological polar surface area (TPSA) is 21.3 Å². The zero-order chi connectivity index (χ0) is 13.8. The summed E-state index contributed by atoms with van der Waals surface area (Å²) in [5.41, 5.74) is 2.87. The van der Waals surface area contributed by atoms with Gasteiger partial charge in [0.15, 0.2) is 0 Å². The van der Waals surface area contributed by atoms with Crippen molar-refractivity contribution in [3.8, 4) is 0 Å². The van der Waals surface area contributed by atoms with Crippen molar-refractivity contribution in [1.82, 2.24) is 5.32 Å². The fourth-order valence-electron chi connectivity index (χ4n) is 2.87. The summed E-state index contributed by atoms with van der Waals surface area (Å²) in [6.45, 7) is 7.50. The van der Waals surface area contributed by atoms with Crippen molar-refractivity contribution in [3.05, 3.63) is 35.4 Å². The third-order valence-electron chi connectivity index (χ3n) is 4.25.